The van der Waals surface area contributed by atoms with Crippen LogP contribution in [-0.2, 0) is 22.9 Å². The standard InChI is InChI=1S/C34H27N3O5S/c1-43(41,42)29-6-2-4-26(18-29)28-17-27-13-15-37(21-23-9-10-24-5-3-14-35-31(24)16-23)32(27)30(19-28)33(38)36-20-22-7-11-25(12-8-22)34(39)40/h2-19H,20-21H2,1H3,(H,36,38)(H,39,40). The van der Waals surface area contributed by atoms with E-state index >= 15 is 0 Å². The highest BCUT2D eigenvalue weighted by Crippen LogP contribution is 2.31. The normalized spacial score (nSPS) is 11.6. The predicted octanol–water partition coefficient (Wildman–Crippen LogP) is 5.94. The van der Waals surface area contributed by atoms with E-state index in [1.54, 1.807) is 42.6 Å². The molecule has 6 rings (SSSR count). The molecule has 9 heteroatoms. The van der Waals surface area contributed by atoms with E-state index in [-0.39, 0.29) is 22.9 Å². The van der Waals surface area contributed by atoms with E-state index in [1.807, 2.05) is 59.3 Å². The molecule has 0 saturated heterocycles. The van der Waals surface area contributed by atoms with Gasteiger partial charge in [-0.3, -0.25) is 9.78 Å². The molecule has 0 aliphatic rings. The van der Waals surface area contributed by atoms with E-state index in [4.69, 9.17) is 0 Å². The Hall–Kier alpha value is -5.28. The molecular weight excluding hydrogens is 562 g/mol. The number of nitrogens with zero attached hydrogens (tertiary/aromatic N) is 2. The van der Waals surface area contributed by atoms with Crippen LogP contribution in [0.4, 0.5) is 0 Å². The molecule has 6 aromatic rings. The van der Waals surface area contributed by atoms with Gasteiger partial charge < -0.3 is 15.0 Å². The van der Waals surface area contributed by atoms with Crippen LogP contribution >= 0.6 is 0 Å². The zero-order chi connectivity index (χ0) is 30.1. The number of hydrogen-bond donors (Lipinski definition) is 2. The summed E-state index contributed by atoms with van der Waals surface area (Å²) < 4.78 is 26.5. The van der Waals surface area contributed by atoms with Gasteiger partial charge in [0.25, 0.3) is 5.91 Å². The number of aromatic carboxylic acids is 1. The Kier molecular flexibility index (Phi) is 7.25. The number of hydrogen-bond acceptors (Lipinski definition) is 5. The van der Waals surface area contributed by atoms with Crippen molar-refractivity contribution in [2.75, 3.05) is 6.26 Å². The number of benzene rings is 4. The molecule has 0 atom stereocenters. The van der Waals surface area contributed by atoms with E-state index < -0.39 is 15.8 Å². The molecule has 1 amide bonds. The highest BCUT2D eigenvalue weighted by Gasteiger charge is 2.18. The Morgan fingerprint density at radius 1 is 0.837 bits per heavy atom. The number of fused-ring (bicyclic) bond motifs is 2. The van der Waals surface area contributed by atoms with Gasteiger partial charge in [-0.15, -0.1) is 0 Å². The summed E-state index contributed by atoms with van der Waals surface area (Å²) in [5, 5.41) is 14.0. The fourth-order valence-corrected chi connectivity index (χ4v) is 5.84. The summed E-state index contributed by atoms with van der Waals surface area (Å²) in [6, 6.07) is 28.7. The van der Waals surface area contributed by atoms with Gasteiger partial charge in [-0.2, -0.15) is 0 Å². The second kappa shape index (κ2) is 11.2. The van der Waals surface area contributed by atoms with E-state index in [0.29, 0.717) is 23.2 Å². The van der Waals surface area contributed by atoms with Crippen LogP contribution in [0.5, 0.6) is 0 Å². The van der Waals surface area contributed by atoms with Crippen molar-refractivity contribution in [1.29, 1.82) is 0 Å². The van der Waals surface area contributed by atoms with Crippen molar-refractivity contribution in [2.24, 2.45) is 0 Å². The molecule has 0 fully saturated rings. The van der Waals surface area contributed by atoms with E-state index in [1.165, 1.54) is 18.4 Å². The van der Waals surface area contributed by atoms with Gasteiger partial charge in [-0.1, -0.05) is 42.5 Å². The fourth-order valence-electron chi connectivity index (χ4n) is 5.18. The molecule has 214 valence electrons. The number of rotatable bonds is 8. The molecule has 2 heterocycles. The zero-order valence-corrected chi connectivity index (χ0v) is 24.0. The Labute approximate surface area is 248 Å². The number of carbonyl (C=O) groups excluding carboxylic acids is 1. The summed E-state index contributed by atoms with van der Waals surface area (Å²) in [6.45, 7) is 0.709. The number of carboxylic acid groups (broad SMARTS) is 1. The lowest BCUT2D eigenvalue weighted by molar-refractivity contribution is 0.0696. The van der Waals surface area contributed by atoms with Gasteiger partial charge in [0, 0.05) is 42.5 Å². The number of carboxylic acids is 1. The molecular formula is C34H27N3O5S. The second-order valence-electron chi connectivity index (χ2n) is 10.4. The molecule has 0 saturated carbocycles. The minimum atomic E-state index is -3.42. The lowest BCUT2D eigenvalue weighted by Crippen LogP contribution is -2.23. The first-order valence-corrected chi connectivity index (χ1v) is 15.4. The molecule has 8 nitrogen and oxygen atoms in total. The van der Waals surface area contributed by atoms with Gasteiger partial charge in [-0.05, 0) is 76.9 Å². The number of nitrogens with one attached hydrogen (secondary N) is 1. The number of carbonyl (C=O) groups is 2. The number of aromatic nitrogens is 2. The lowest BCUT2D eigenvalue weighted by Gasteiger charge is -2.14. The number of pyridine rings is 1. The van der Waals surface area contributed by atoms with Gasteiger partial charge in [0.1, 0.15) is 0 Å². The summed E-state index contributed by atoms with van der Waals surface area (Å²) in [4.78, 5) is 29.6. The quantitative estimate of drug-likeness (QED) is 0.227. The van der Waals surface area contributed by atoms with Gasteiger partial charge in [0.15, 0.2) is 9.84 Å². The van der Waals surface area contributed by atoms with Gasteiger partial charge in [0.2, 0.25) is 0 Å². The molecule has 2 aromatic heterocycles. The van der Waals surface area contributed by atoms with Crippen molar-refractivity contribution in [2.45, 2.75) is 18.0 Å². The van der Waals surface area contributed by atoms with Crippen LogP contribution in [0.3, 0.4) is 0 Å². The largest absolute Gasteiger partial charge is 0.478 e. The summed E-state index contributed by atoms with van der Waals surface area (Å²) in [6.07, 6.45) is 4.86. The summed E-state index contributed by atoms with van der Waals surface area (Å²) >= 11 is 0. The Bertz CT molecular complexity index is 2130. The Morgan fingerprint density at radius 2 is 1.63 bits per heavy atom. The van der Waals surface area contributed by atoms with Crippen LogP contribution < -0.4 is 5.32 Å². The Balaban J connectivity index is 1.40. The number of sulfone groups is 1. The van der Waals surface area contributed by atoms with Crippen LogP contribution in [0.15, 0.2) is 114 Å². The maximum atomic E-state index is 13.8. The first-order valence-electron chi connectivity index (χ1n) is 13.5. The molecule has 43 heavy (non-hydrogen) atoms. The molecule has 0 spiro atoms. The second-order valence-corrected chi connectivity index (χ2v) is 12.4. The summed E-state index contributed by atoms with van der Waals surface area (Å²) in [5.74, 6) is -1.33. The van der Waals surface area contributed by atoms with Gasteiger partial charge in [-0.25, -0.2) is 13.2 Å². The van der Waals surface area contributed by atoms with Gasteiger partial charge in [0.05, 0.1) is 27.1 Å². The molecule has 4 aromatic carbocycles. The van der Waals surface area contributed by atoms with Crippen LogP contribution in [0, 0.1) is 0 Å². The third-order valence-electron chi connectivity index (χ3n) is 7.38. The third kappa shape index (κ3) is 5.89. The summed E-state index contributed by atoms with van der Waals surface area (Å²) in [7, 11) is -3.42. The summed E-state index contributed by atoms with van der Waals surface area (Å²) in [5.41, 5.74) is 5.40. The van der Waals surface area contributed by atoms with E-state index in [0.717, 1.165) is 32.9 Å². The smallest absolute Gasteiger partial charge is 0.335 e. The zero-order valence-electron chi connectivity index (χ0n) is 23.2. The van der Waals surface area contributed by atoms with E-state index in [9.17, 15) is 23.1 Å². The molecule has 0 aliphatic heterocycles. The van der Waals surface area contributed by atoms with Crippen molar-refractivity contribution >= 4 is 43.5 Å². The van der Waals surface area contributed by atoms with Crippen molar-refractivity contribution in [3.63, 3.8) is 0 Å². The molecule has 0 radical (unpaired) electrons. The topological polar surface area (TPSA) is 118 Å². The maximum absolute atomic E-state index is 13.8. The molecule has 0 aliphatic carbocycles. The molecule has 0 bridgehead atoms. The van der Waals surface area contributed by atoms with Crippen molar-refractivity contribution < 1.29 is 23.1 Å². The van der Waals surface area contributed by atoms with Crippen molar-refractivity contribution in [3.05, 3.63) is 132 Å². The van der Waals surface area contributed by atoms with Crippen molar-refractivity contribution in [3.8, 4) is 11.1 Å². The first kappa shape index (κ1) is 27.9. The first-order chi connectivity index (χ1) is 20.7. The van der Waals surface area contributed by atoms with Crippen LogP contribution in [-0.4, -0.2) is 41.2 Å². The third-order valence-corrected chi connectivity index (χ3v) is 8.49. The van der Waals surface area contributed by atoms with Crippen molar-refractivity contribution in [1.82, 2.24) is 14.9 Å². The van der Waals surface area contributed by atoms with Crippen LogP contribution in [0.25, 0.3) is 32.9 Å². The molecule has 2 N–H and O–H groups in total. The number of amides is 1. The average molecular weight is 590 g/mol. The van der Waals surface area contributed by atoms with Crippen LogP contribution in [0.1, 0.15) is 31.8 Å². The average Bonchev–Trinajstić information content (AvgIpc) is 3.41. The Morgan fingerprint density at radius 3 is 2.40 bits per heavy atom. The predicted molar refractivity (Wildman–Crippen MR) is 166 cm³/mol. The van der Waals surface area contributed by atoms with Gasteiger partial charge >= 0.3 is 5.97 Å². The lowest BCUT2D eigenvalue weighted by atomic mass is 9.99. The maximum Gasteiger partial charge on any atom is 0.335 e. The monoisotopic (exact) mass is 589 g/mol. The minimum Gasteiger partial charge on any atom is -0.478 e. The highest BCUT2D eigenvalue weighted by molar-refractivity contribution is 7.90. The van der Waals surface area contributed by atoms with E-state index in [2.05, 4.69) is 10.3 Å². The fraction of sp³-hybridized carbons (Fsp3) is 0.0882. The minimum absolute atomic E-state index is 0.169. The highest BCUT2D eigenvalue weighted by atomic mass is 32.2. The molecule has 0 unspecified atom stereocenters. The van der Waals surface area contributed by atoms with Crippen LogP contribution in [0.2, 0.25) is 0 Å². The SMILES string of the molecule is CS(=O)(=O)c1cccc(-c2cc(C(=O)NCc3ccc(C(=O)O)cc3)c3c(ccn3Cc3ccc4cccnc4c3)c2)c1.